The summed E-state index contributed by atoms with van der Waals surface area (Å²) in [7, 11) is 0. The first-order valence-corrected chi connectivity index (χ1v) is 7.61. The molecule has 0 saturated carbocycles. The third-order valence-corrected chi connectivity index (χ3v) is 4.09. The number of carbonyl (C=O) groups excluding carboxylic acids is 1. The lowest BCUT2D eigenvalue weighted by Crippen LogP contribution is -2.41. The largest absolute Gasteiger partial charge is 0.466 e. The van der Waals surface area contributed by atoms with Crippen molar-refractivity contribution in [2.45, 2.75) is 39.7 Å². The van der Waals surface area contributed by atoms with E-state index in [2.05, 4.69) is 0 Å². The maximum absolute atomic E-state index is 12.6. The van der Waals surface area contributed by atoms with Crippen molar-refractivity contribution in [3.05, 3.63) is 22.6 Å². The van der Waals surface area contributed by atoms with Crippen molar-refractivity contribution >= 4 is 17.5 Å². The van der Waals surface area contributed by atoms with Crippen molar-refractivity contribution in [3.8, 4) is 0 Å². The lowest BCUT2D eigenvalue weighted by Gasteiger charge is -2.32. The Hall–Kier alpha value is -1.00. The molecule has 5 heteroatoms. The van der Waals surface area contributed by atoms with Crippen LogP contribution in [0.1, 0.15) is 40.3 Å². The van der Waals surface area contributed by atoms with Gasteiger partial charge in [-0.2, -0.15) is 0 Å². The molecule has 0 radical (unpaired) electrons. The van der Waals surface area contributed by atoms with Gasteiger partial charge >= 0.3 is 0 Å². The van der Waals surface area contributed by atoms with Crippen LogP contribution in [-0.2, 0) is 4.74 Å². The van der Waals surface area contributed by atoms with Gasteiger partial charge < -0.3 is 14.1 Å². The van der Waals surface area contributed by atoms with Crippen LogP contribution in [-0.4, -0.2) is 42.5 Å². The topological polar surface area (TPSA) is 42.7 Å². The van der Waals surface area contributed by atoms with Gasteiger partial charge in [0.15, 0.2) is 0 Å². The zero-order valence-corrected chi connectivity index (χ0v) is 13.1. The minimum Gasteiger partial charge on any atom is -0.466 e. The van der Waals surface area contributed by atoms with Crippen LogP contribution in [0.2, 0.25) is 0 Å². The standard InChI is InChI=1S/C15H22ClNO3/c1-10-11(2)20-12(3)14(10)15(18)17-7-4-13(5-8-17)19-9-6-16/h13H,4-9H2,1-3H3. The third-order valence-electron chi connectivity index (χ3n) is 3.94. The Morgan fingerprint density at radius 2 is 1.95 bits per heavy atom. The first-order chi connectivity index (χ1) is 9.54. The number of hydrogen-bond donors (Lipinski definition) is 0. The zero-order valence-electron chi connectivity index (χ0n) is 12.4. The molecule has 1 saturated heterocycles. The Bertz CT molecular complexity index is 476. The minimum atomic E-state index is 0.0765. The number of ether oxygens (including phenoxy) is 1. The zero-order chi connectivity index (χ0) is 14.7. The molecule has 0 aromatic carbocycles. The molecule has 0 atom stereocenters. The SMILES string of the molecule is Cc1oc(C)c(C(=O)N2CCC(OCCCl)CC2)c1C. The molecule has 0 N–H and O–H groups in total. The molecule has 0 spiro atoms. The Labute approximate surface area is 125 Å². The van der Waals surface area contributed by atoms with Gasteiger partial charge in [-0.25, -0.2) is 0 Å². The fourth-order valence-electron chi connectivity index (χ4n) is 2.70. The van der Waals surface area contributed by atoms with E-state index >= 15 is 0 Å². The van der Waals surface area contributed by atoms with E-state index in [0.717, 1.165) is 42.8 Å². The summed E-state index contributed by atoms with van der Waals surface area (Å²) in [4.78, 5) is 14.5. The van der Waals surface area contributed by atoms with E-state index in [1.54, 1.807) is 0 Å². The molecular weight excluding hydrogens is 278 g/mol. The van der Waals surface area contributed by atoms with Gasteiger partial charge in [-0.15, -0.1) is 11.6 Å². The van der Waals surface area contributed by atoms with Gasteiger partial charge in [-0.1, -0.05) is 0 Å². The van der Waals surface area contributed by atoms with Crippen LogP contribution in [0.15, 0.2) is 4.42 Å². The molecule has 112 valence electrons. The second-order valence-corrected chi connectivity index (χ2v) is 5.64. The molecule has 0 unspecified atom stereocenters. The Kier molecular flexibility index (Phi) is 5.11. The Morgan fingerprint density at radius 3 is 2.45 bits per heavy atom. The van der Waals surface area contributed by atoms with Crippen molar-refractivity contribution in [3.63, 3.8) is 0 Å². The van der Waals surface area contributed by atoms with E-state index in [0.29, 0.717) is 18.2 Å². The molecule has 1 aromatic rings. The summed E-state index contributed by atoms with van der Waals surface area (Å²) in [6.45, 7) is 7.73. The second kappa shape index (κ2) is 6.64. The molecule has 1 aliphatic rings. The van der Waals surface area contributed by atoms with Crippen molar-refractivity contribution in [1.29, 1.82) is 0 Å². The van der Waals surface area contributed by atoms with Crippen LogP contribution in [0.25, 0.3) is 0 Å². The van der Waals surface area contributed by atoms with Crippen LogP contribution in [0.4, 0.5) is 0 Å². The highest BCUT2D eigenvalue weighted by molar-refractivity contribution is 6.17. The highest BCUT2D eigenvalue weighted by atomic mass is 35.5. The van der Waals surface area contributed by atoms with Crippen molar-refractivity contribution in [2.24, 2.45) is 0 Å². The number of nitrogens with zero attached hydrogens (tertiary/aromatic N) is 1. The summed E-state index contributed by atoms with van der Waals surface area (Å²) < 4.78 is 11.2. The predicted molar refractivity (Wildman–Crippen MR) is 78.5 cm³/mol. The normalized spacial score (nSPS) is 16.7. The van der Waals surface area contributed by atoms with E-state index in [1.807, 2.05) is 25.7 Å². The quantitative estimate of drug-likeness (QED) is 0.803. The van der Waals surface area contributed by atoms with Gasteiger partial charge in [0, 0.05) is 24.5 Å². The second-order valence-electron chi connectivity index (χ2n) is 5.27. The number of carbonyl (C=O) groups is 1. The van der Waals surface area contributed by atoms with E-state index in [-0.39, 0.29) is 12.0 Å². The molecule has 2 rings (SSSR count). The lowest BCUT2D eigenvalue weighted by atomic mass is 10.0. The number of alkyl halides is 1. The molecule has 20 heavy (non-hydrogen) atoms. The van der Waals surface area contributed by atoms with E-state index < -0.39 is 0 Å². The van der Waals surface area contributed by atoms with Gasteiger partial charge in [-0.3, -0.25) is 4.79 Å². The molecular formula is C15H22ClNO3. The summed E-state index contributed by atoms with van der Waals surface area (Å²) in [5.41, 5.74) is 1.68. The molecule has 1 aliphatic heterocycles. The summed E-state index contributed by atoms with van der Waals surface area (Å²) in [6.07, 6.45) is 1.97. The maximum Gasteiger partial charge on any atom is 0.257 e. The number of hydrogen-bond acceptors (Lipinski definition) is 3. The van der Waals surface area contributed by atoms with Crippen molar-refractivity contribution in [2.75, 3.05) is 25.6 Å². The summed E-state index contributed by atoms with van der Waals surface area (Å²) in [5, 5.41) is 0. The molecule has 0 aliphatic carbocycles. The van der Waals surface area contributed by atoms with E-state index in [9.17, 15) is 4.79 Å². The van der Waals surface area contributed by atoms with Gasteiger partial charge in [-0.05, 0) is 33.6 Å². The molecule has 1 amide bonds. The molecule has 0 bridgehead atoms. The number of aryl methyl sites for hydroxylation is 2. The van der Waals surface area contributed by atoms with Crippen molar-refractivity contribution < 1.29 is 13.9 Å². The van der Waals surface area contributed by atoms with Crippen LogP contribution in [0.5, 0.6) is 0 Å². The molecule has 1 fully saturated rings. The number of halogens is 1. The van der Waals surface area contributed by atoms with Gasteiger partial charge in [0.2, 0.25) is 0 Å². The third kappa shape index (κ3) is 3.18. The first-order valence-electron chi connectivity index (χ1n) is 7.08. The fraction of sp³-hybridized carbons (Fsp3) is 0.667. The monoisotopic (exact) mass is 299 g/mol. The van der Waals surface area contributed by atoms with Crippen LogP contribution < -0.4 is 0 Å². The first kappa shape index (κ1) is 15.4. The van der Waals surface area contributed by atoms with Gasteiger partial charge in [0.05, 0.1) is 18.3 Å². The average Bonchev–Trinajstić information content (AvgIpc) is 2.70. The molecule has 2 heterocycles. The number of likely N-dealkylation sites (tertiary alicyclic amines) is 1. The van der Waals surface area contributed by atoms with E-state index in [4.69, 9.17) is 20.8 Å². The fourth-order valence-corrected chi connectivity index (χ4v) is 2.79. The summed E-state index contributed by atoms with van der Waals surface area (Å²) in [6, 6.07) is 0. The molecule has 4 nitrogen and oxygen atoms in total. The van der Waals surface area contributed by atoms with Crippen LogP contribution >= 0.6 is 11.6 Å². The highest BCUT2D eigenvalue weighted by Gasteiger charge is 2.27. The van der Waals surface area contributed by atoms with Crippen LogP contribution in [0.3, 0.4) is 0 Å². The minimum absolute atomic E-state index is 0.0765. The summed E-state index contributed by atoms with van der Waals surface area (Å²) >= 11 is 5.62. The van der Waals surface area contributed by atoms with Gasteiger partial charge in [0.25, 0.3) is 5.91 Å². The van der Waals surface area contributed by atoms with Gasteiger partial charge in [0.1, 0.15) is 11.5 Å². The molecule has 1 aromatic heterocycles. The van der Waals surface area contributed by atoms with Crippen molar-refractivity contribution in [1.82, 2.24) is 4.90 Å². The Balaban J connectivity index is 1.98. The number of amides is 1. The maximum atomic E-state index is 12.6. The number of piperidine rings is 1. The lowest BCUT2D eigenvalue weighted by molar-refractivity contribution is 0.0153. The predicted octanol–water partition coefficient (Wildman–Crippen LogP) is 3.06. The number of furan rings is 1. The summed E-state index contributed by atoms with van der Waals surface area (Å²) in [5.74, 6) is 2.13. The van der Waals surface area contributed by atoms with E-state index in [1.165, 1.54) is 0 Å². The highest BCUT2D eigenvalue weighted by Crippen LogP contribution is 2.24. The Morgan fingerprint density at radius 1 is 1.30 bits per heavy atom. The smallest absolute Gasteiger partial charge is 0.257 e. The average molecular weight is 300 g/mol. The van der Waals surface area contributed by atoms with Crippen LogP contribution in [0, 0.1) is 20.8 Å². The number of rotatable bonds is 4.